The molecule has 2 aromatic heterocycles. The largest absolute Gasteiger partial charge is 0.493 e. The van der Waals surface area contributed by atoms with Gasteiger partial charge in [-0.05, 0) is 18.2 Å². The number of hydrogen-bond acceptors (Lipinski definition) is 8. The van der Waals surface area contributed by atoms with Crippen LogP contribution in [0, 0.1) is 0 Å². The van der Waals surface area contributed by atoms with Crippen molar-refractivity contribution in [2.75, 3.05) is 27.4 Å². The van der Waals surface area contributed by atoms with E-state index in [0.29, 0.717) is 41.5 Å². The summed E-state index contributed by atoms with van der Waals surface area (Å²) in [5, 5.41) is 0. The lowest BCUT2D eigenvalue weighted by molar-refractivity contribution is 0.303. The molecule has 3 aromatic rings. The monoisotopic (exact) mass is 327 g/mol. The van der Waals surface area contributed by atoms with E-state index < -0.39 is 0 Å². The van der Waals surface area contributed by atoms with Crippen molar-refractivity contribution in [3.05, 3.63) is 30.6 Å². The van der Waals surface area contributed by atoms with Gasteiger partial charge in [0.2, 0.25) is 0 Å². The maximum atomic E-state index is 5.41. The molecule has 1 aromatic carbocycles. The van der Waals surface area contributed by atoms with Crippen molar-refractivity contribution in [3.8, 4) is 28.8 Å². The molecule has 0 fully saturated rings. The van der Waals surface area contributed by atoms with Crippen molar-refractivity contribution in [1.29, 1.82) is 0 Å². The van der Waals surface area contributed by atoms with Gasteiger partial charge in [0.15, 0.2) is 17.1 Å². The van der Waals surface area contributed by atoms with Gasteiger partial charge in [0.05, 0.1) is 32.3 Å². The molecule has 24 heavy (non-hydrogen) atoms. The SMILES string of the molecule is COc1ccc(-c2cnc3cnc(OCCN)nc3n2)cc1OC. The van der Waals surface area contributed by atoms with Gasteiger partial charge in [-0.25, -0.2) is 15.0 Å². The van der Waals surface area contributed by atoms with E-state index in [1.807, 2.05) is 18.2 Å². The van der Waals surface area contributed by atoms with Gasteiger partial charge in [0.1, 0.15) is 12.1 Å². The van der Waals surface area contributed by atoms with Crippen LogP contribution in [0.5, 0.6) is 17.5 Å². The van der Waals surface area contributed by atoms with Gasteiger partial charge in [-0.3, -0.25) is 0 Å². The van der Waals surface area contributed by atoms with E-state index in [9.17, 15) is 0 Å². The molecule has 2 heterocycles. The summed E-state index contributed by atoms with van der Waals surface area (Å²) >= 11 is 0. The zero-order valence-corrected chi connectivity index (χ0v) is 13.4. The highest BCUT2D eigenvalue weighted by atomic mass is 16.5. The molecule has 124 valence electrons. The Morgan fingerprint density at radius 1 is 1.00 bits per heavy atom. The molecule has 0 amide bonds. The number of rotatable bonds is 6. The predicted molar refractivity (Wildman–Crippen MR) is 88.2 cm³/mol. The van der Waals surface area contributed by atoms with Crippen LogP contribution in [0.2, 0.25) is 0 Å². The number of nitrogens with zero attached hydrogens (tertiary/aromatic N) is 4. The molecular weight excluding hydrogens is 310 g/mol. The van der Waals surface area contributed by atoms with Gasteiger partial charge in [-0.2, -0.15) is 4.98 Å². The molecule has 8 heteroatoms. The average Bonchev–Trinajstić information content (AvgIpc) is 2.65. The first kappa shape index (κ1) is 15.9. The standard InChI is InChI=1S/C16H17N5O3/c1-22-13-4-3-10(7-14(13)23-2)11-8-18-12-9-19-16(24-6-5-17)21-15(12)20-11/h3-4,7-9H,5-6,17H2,1-2H3. The topological polar surface area (TPSA) is 105 Å². The summed E-state index contributed by atoms with van der Waals surface area (Å²) in [5.41, 5.74) is 7.94. The number of methoxy groups -OCH3 is 2. The van der Waals surface area contributed by atoms with Crippen LogP contribution in [0.3, 0.4) is 0 Å². The number of hydrogen-bond donors (Lipinski definition) is 1. The van der Waals surface area contributed by atoms with Crippen LogP contribution >= 0.6 is 0 Å². The van der Waals surface area contributed by atoms with E-state index >= 15 is 0 Å². The molecule has 3 rings (SSSR count). The van der Waals surface area contributed by atoms with Gasteiger partial charge in [0.25, 0.3) is 0 Å². The van der Waals surface area contributed by atoms with E-state index in [1.165, 1.54) is 0 Å². The van der Waals surface area contributed by atoms with E-state index in [4.69, 9.17) is 19.9 Å². The first-order valence-corrected chi connectivity index (χ1v) is 7.30. The Labute approximate surface area is 138 Å². The van der Waals surface area contributed by atoms with E-state index in [-0.39, 0.29) is 6.01 Å². The van der Waals surface area contributed by atoms with E-state index in [1.54, 1.807) is 26.6 Å². The molecule has 0 aliphatic rings. The lowest BCUT2D eigenvalue weighted by atomic mass is 10.1. The highest BCUT2D eigenvalue weighted by Gasteiger charge is 2.10. The third kappa shape index (κ3) is 3.18. The Bertz CT molecular complexity index is 856. The summed E-state index contributed by atoms with van der Waals surface area (Å²) in [6.45, 7) is 0.729. The van der Waals surface area contributed by atoms with Crippen LogP contribution in [0.25, 0.3) is 22.4 Å². The number of fused-ring (bicyclic) bond motifs is 1. The smallest absolute Gasteiger partial charge is 0.318 e. The zero-order valence-electron chi connectivity index (χ0n) is 13.4. The lowest BCUT2D eigenvalue weighted by Crippen LogP contribution is -2.12. The third-order valence-electron chi connectivity index (χ3n) is 3.31. The predicted octanol–water partition coefficient (Wildman–Crippen LogP) is 1.44. The molecule has 0 unspecified atom stereocenters. The summed E-state index contributed by atoms with van der Waals surface area (Å²) in [6.07, 6.45) is 3.23. The number of aromatic nitrogens is 4. The number of benzene rings is 1. The van der Waals surface area contributed by atoms with Crippen LogP contribution < -0.4 is 19.9 Å². The molecule has 0 saturated heterocycles. The van der Waals surface area contributed by atoms with Gasteiger partial charge in [0, 0.05) is 12.1 Å². The Morgan fingerprint density at radius 2 is 1.83 bits per heavy atom. The summed E-state index contributed by atoms with van der Waals surface area (Å²) in [4.78, 5) is 17.2. The van der Waals surface area contributed by atoms with Crippen LogP contribution in [-0.2, 0) is 0 Å². The van der Waals surface area contributed by atoms with Crippen molar-refractivity contribution in [2.45, 2.75) is 0 Å². The third-order valence-corrected chi connectivity index (χ3v) is 3.31. The minimum absolute atomic E-state index is 0.228. The number of nitrogens with two attached hydrogens (primary N) is 1. The molecule has 0 aliphatic heterocycles. The molecule has 2 N–H and O–H groups in total. The summed E-state index contributed by atoms with van der Waals surface area (Å²) in [7, 11) is 3.18. The molecular formula is C16H17N5O3. The Morgan fingerprint density at radius 3 is 2.58 bits per heavy atom. The molecule has 8 nitrogen and oxygen atoms in total. The van der Waals surface area contributed by atoms with Crippen molar-refractivity contribution >= 4 is 11.2 Å². The van der Waals surface area contributed by atoms with Crippen molar-refractivity contribution in [2.24, 2.45) is 5.73 Å². The normalized spacial score (nSPS) is 10.6. The second-order valence-corrected chi connectivity index (χ2v) is 4.82. The minimum Gasteiger partial charge on any atom is -0.493 e. The first-order valence-electron chi connectivity index (χ1n) is 7.30. The number of ether oxygens (including phenoxy) is 3. The molecule has 0 bridgehead atoms. The maximum absolute atomic E-state index is 5.41. The minimum atomic E-state index is 0.228. The van der Waals surface area contributed by atoms with Crippen molar-refractivity contribution in [1.82, 2.24) is 19.9 Å². The molecule has 0 radical (unpaired) electrons. The van der Waals surface area contributed by atoms with Gasteiger partial charge >= 0.3 is 6.01 Å². The maximum Gasteiger partial charge on any atom is 0.318 e. The Kier molecular flexibility index (Phi) is 4.66. The van der Waals surface area contributed by atoms with Crippen LogP contribution in [0.4, 0.5) is 0 Å². The van der Waals surface area contributed by atoms with Crippen molar-refractivity contribution < 1.29 is 14.2 Å². The fourth-order valence-corrected chi connectivity index (χ4v) is 2.15. The van der Waals surface area contributed by atoms with Crippen LogP contribution in [-0.4, -0.2) is 47.3 Å². The molecule has 0 saturated carbocycles. The Hall–Kier alpha value is -3.00. The molecule has 0 atom stereocenters. The lowest BCUT2D eigenvalue weighted by Gasteiger charge is -2.09. The van der Waals surface area contributed by atoms with Crippen molar-refractivity contribution in [3.63, 3.8) is 0 Å². The summed E-state index contributed by atoms with van der Waals surface area (Å²) in [6, 6.07) is 5.76. The van der Waals surface area contributed by atoms with Gasteiger partial charge < -0.3 is 19.9 Å². The quantitative estimate of drug-likeness (QED) is 0.725. The van der Waals surface area contributed by atoms with Crippen LogP contribution in [0.15, 0.2) is 30.6 Å². The summed E-state index contributed by atoms with van der Waals surface area (Å²) in [5.74, 6) is 1.27. The second kappa shape index (κ2) is 7.05. The highest BCUT2D eigenvalue weighted by Crippen LogP contribution is 2.31. The van der Waals surface area contributed by atoms with Crippen LogP contribution in [0.1, 0.15) is 0 Å². The van der Waals surface area contributed by atoms with Gasteiger partial charge in [-0.1, -0.05) is 0 Å². The molecule has 0 spiro atoms. The first-order chi connectivity index (χ1) is 11.7. The highest BCUT2D eigenvalue weighted by molar-refractivity contribution is 5.73. The average molecular weight is 327 g/mol. The fourth-order valence-electron chi connectivity index (χ4n) is 2.15. The summed E-state index contributed by atoms with van der Waals surface area (Å²) < 4.78 is 15.9. The second-order valence-electron chi connectivity index (χ2n) is 4.82. The van der Waals surface area contributed by atoms with Gasteiger partial charge in [-0.15, -0.1) is 0 Å². The zero-order chi connectivity index (χ0) is 16.9. The van der Waals surface area contributed by atoms with E-state index in [0.717, 1.165) is 5.56 Å². The van der Waals surface area contributed by atoms with E-state index in [2.05, 4.69) is 19.9 Å². The fraction of sp³-hybridized carbons (Fsp3) is 0.250. The molecule has 0 aliphatic carbocycles. The Balaban J connectivity index is 2.00.